The number of fused-ring (bicyclic) bond motifs is 1. The van der Waals surface area contributed by atoms with Gasteiger partial charge in [-0.1, -0.05) is 30.3 Å². The molecule has 0 saturated carbocycles. The molecule has 0 bridgehead atoms. The minimum atomic E-state index is 0.0378. The third kappa shape index (κ3) is 3.76. The zero-order valence-electron chi connectivity index (χ0n) is 13.7. The molecule has 1 aromatic heterocycles. The molecule has 1 atom stereocenters. The molecule has 1 aliphatic heterocycles. The molecular formula is C17H23N5O. The number of hydrogen-bond acceptors (Lipinski definition) is 4. The number of rotatable bonds is 5. The van der Waals surface area contributed by atoms with Crippen molar-refractivity contribution in [1.82, 2.24) is 25.0 Å². The Hall–Kier alpha value is -2.21. The van der Waals surface area contributed by atoms with Crippen molar-refractivity contribution in [3.8, 4) is 0 Å². The number of amides is 1. The van der Waals surface area contributed by atoms with Crippen LogP contribution >= 0.6 is 0 Å². The van der Waals surface area contributed by atoms with Gasteiger partial charge < -0.3 is 9.88 Å². The Morgan fingerprint density at radius 3 is 2.83 bits per heavy atom. The van der Waals surface area contributed by atoms with E-state index in [2.05, 4.69) is 25.0 Å². The molecule has 0 aliphatic carbocycles. The average molecular weight is 313 g/mol. The summed E-state index contributed by atoms with van der Waals surface area (Å²) in [6.45, 7) is 7.34. The number of aromatic nitrogens is 3. The molecule has 0 spiro atoms. The Morgan fingerprint density at radius 2 is 2.04 bits per heavy atom. The van der Waals surface area contributed by atoms with Crippen molar-refractivity contribution >= 4 is 5.91 Å². The smallest absolute Gasteiger partial charge is 0.221 e. The van der Waals surface area contributed by atoms with E-state index in [1.165, 1.54) is 0 Å². The highest BCUT2D eigenvalue weighted by Crippen LogP contribution is 2.13. The topological polar surface area (TPSA) is 63.1 Å². The maximum absolute atomic E-state index is 12.1. The first-order valence-corrected chi connectivity index (χ1v) is 8.09. The van der Waals surface area contributed by atoms with Gasteiger partial charge in [-0.15, -0.1) is 10.2 Å². The molecular weight excluding hydrogens is 290 g/mol. The highest BCUT2D eigenvalue weighted by molar-refractivity contribution is 5.76. The molecule has 122 valence electrons. The lowest BCUT2D eigenvalue weighted by Gasteiger charge is -2.27. The van der Waals surface area contributed by atoms with Gasteiger partial charge in [0.25, 0.3) is 0 Å². The van der Waals surface area contributed by atoms with Crippen molar-refractivity contribution < 1.29 is 4.79 Å². The summed E-state index contributed by atoms with van der Waals surface area (Å²) >= 11 is 0. The van der Waals surface area contributed by atoms with E-state index in [1.54, 1.807) is 0 Å². The first kappa shape index (κ1) is 15.7. The van der Waals surface area contributed by atoms with Crippen LogP contribution in [-0.2, 0) is 17.9 Å². The minimum absolute atomic E-state index is 0.0378. The fraction of sp³-hybridized carbons (Fsp3) is 0.471. The molecule has 3 rings (SSSR count). The number of hydrogen-bond donors (Lipinski definition) is 1. The third-order valence-corrected chi connectivity index (χ3v) is 4.35. The number of carbonyl (C=O) groups excluding carboxylic acids is 1. The normalized spacial score (nSPS) is 15.9. The molecule has 2 heterocycles. The molecule has 23 heavy (non-hydrogen) atoms. The monoisotopic (exact) mass is 313 g/mol. The van der Waals surface area contributed by atoms with Gasteiger partial charge in [-0.3, -0.25) is 9.69 Å². The van der Waals surface area contributed by atoms with Crippen LogP contribution in [0.2, 0.25) is 0 Å². The van der Waals surface area contributed by atoms with E-state index < -0.39 is 0 Å². The van der Waals surface area contributed by atoms with Crippen LogP contribution in [0.3, 0.4) is 0 Å². The Balaban J connectivity index is 1.46. The van der Waals surface area contributed by atoms with E-state index >= 15 is 0 Å². The number of nitrogens with zero attached hydrogens (tertiary/aromatic N) is 4. The van der Waals surface area contributed by atoms with E-state index in [9.17, 15) is 4.79 Å². The molecule has 1 aromatic carbocycles. The fourth-order valence-electron chi connectivity index (χ4n) is 2.94. The van der Waals surface area contributed by atoms with Crippen LogP contribution in [0.5, 0.6) is 0 Å². The first-order chi connectivity index (χ1) is 11.1. The second kappa shape index (κ2) is 6.91. The van der Waals surface area contributed by atoms with Crippen LogP contribution in [-0.4, -0.2) is 38.7 Å². The minimum Gasteiger partial charge on any atom is -0.350 e. The van der Waals surface area contributed by atoms with Gasteiger partial charge >= 0.3 is 0 Å². The molecule has 1 unspecified atom stereocenters. The van der Waals surface area contributed by atoms with Gasteiger partial charge in [-0.25, -0.2) is 0 Å². The average Bonchev–Trinajstić information content (AvgIpc) is 2.94. The van der Waals surface area contributed by atoms with Gasteiger partial charge in [0.2, 0.25) is 5.91 Å². The second-order valence-corrected chi connectivity index (χ2v) is 6.04. The fourth-order valence-corrected chi connectivity index (χ4v) is 2.94. The van der Waals surface area contributed by atoms with Crippen molar-refractivity contribution in [2.45, 2.75) is 39.4 Å². The van der Waals surface area contributed by atoms with Gasteiger partial charge in [0, 0.05) is 26.1 Å². The van der Waals surface area contributed by atoms with Crippen LogP contribution in [0.25, 0.3) is 0 Å². The predicted octanol–water partition coefficient (Wildman–Crippen LogP) is 1.67. The van der Waals surface area contributed by atoms with E-state index in [4.69, 9.17) is 0 Å². The van der Waals surface area contributed by atoms with Gasteiger partial charge in [0.05, 0.1) is 12.6 Å². The number of benzene rings is 1. The lowest BCUT2D eigenvalue weighted by Crippen LogP contribution is -2.37. The number of aryl methyl sites for hydroxylation is 1. The van der Waals surface area contributed by atoms with Crippen LogP contribution in [0.15, 0.2) is 30.3 Å². The van der Waals surface area contributed by atoms with Crippen LogP contribution in [0.4, 0.5) is 0 Å². The summed E-state index contributed by atoms with van der Waals surface area (Å²) < 4.78 is 2.15. The van der Waals surface area contributed by atoms with Gasteiger partial charge in [-0.05, 0) is 19.4 Å². The van der Waals surface area contributed by atoms with Crippen molar-refractivity contribution in [3.05, 3.63) is 47.5 Å². The van der Waals surface area contributed by atoms with Crippen molar-refractivity contribution in [2.75, 3.05) is 13.1 Å². The van der Waals surface area contributed by atoms with Crippen molar-refractivity contribution in [3.63, 3.8) is 0 Å². The second-order valence-electron chi connectivity index (χ2n) is 6.04. The predicted molar refractivity (Wildman–Crippen MR) is 87.7 cm³/mol. The Labute approximate surface area is 136 Å². The van der Waals surface area contributed by atoms with E-state index in [0.717, 1.165) is 43.4 Å². The lowest BCUT2D eigenvalue weighted by atomic mass is 10.1. The zero-order valence-corrected chi connectivity index (χ0v) is 13.7. The Bertz CT molecular complexity index is 667. The molecule has 0 saturated heterocycles. The number of carbonyl (C=O) groups is 1. The largest absolute Gasteiger partial charge is 0.350 e. The standard InChI is InChI=1S/C17H23N5O/c1-13(15-6-4-3-5-7-15)18-17(23)8-9-21-10-11-22-14(2)19-20-16(22)12-21/h3-7,13H,8-12H2,1-2H3,(H,18,23). The quantitative estimate of drug-likeness (QED) is 0.912. The molecule has 0 fully saturated rings. The SMILES string of the molecule is Cc1nnc2n1CCN(CCC(=O)NC(C)c1ccccc1)C2. The van der Waals surface area contributed by atoms with Gasteiger partial charge in [0.1, 0.15) is 11.6 Å². The molecule has 2 aromatic rings. The molecule has 1 N–H and O–H groups in total. The van der Waals surface area contributed by atoms with Crippen LogP contribution in [0.1, 0.15) is 36.6 Å². The zero-order chi connectivity index (χ0) is 16.2. The summed E-state index contributed by atoms with van der Waals surface area (Å²) in [7, 11) is 0. The molecule has 6 nitrogen and oxygen atoms in total. The lowest BCUT2D eigenvalue weighted by molar-refractivity contribution is -0.122. The summed E-state index contributed by atoms with van der Waals surface area (Å²) in [4.78, 5) is 14.4. The Morgan fingerprint density at radius 1 is 1.26 bits per heavy atom. The summed E-state index contributed by atoms with van der Waals surface area (Å²) in [5.74, 6) is 2.05. The van der Waals surface area contributed by atoms with E-state index in [1.807, 2.05) is 44.2 Å². The summed E-state index contributed by atoms with van der Waals surface area (Å²) in [5, 5.41) is 11.4. The first-order valence-electron chi connectivity index (χ1n) is 8.09. The maximum Gasteiger partial charge on any atom is 0.221 e. The third-order valence-electron chi connectivity index (χ3n) is 4.35. The van der Waals surface area contributed by atoms with Gasteiger partial charge in [0.15, 0.2) is 0 Å². The maximum atomic E-state index is 12.1. The van der Waals surface area contributed by atoms with Crippen molar-refractivity contribution in [1.29, 1.82) is 0 Å². The van der Waals surface area contributed by atoms with E-state index in [0.29, 0.717) is 6.42 Å². The summed E-state index contributed by atoms with van der Waals surface area (Å²) in [6, 6.07) is 10.1. The van der Waals surface area contributed by atoms with Crippen LogP contribution < -0.4 is 5.32 Å². The van der Waals surface area contributed by atoms with E-state index in [-0.39, 0.29) is 11.9 Å². The summed E-state index contributed by atoms with van der Waals surface area (Å²) in [5.41, 5.74) is 1.13. The number of nitrogens with one attached hydrogen (secondary N) is 1. The highest BCUT2D eigenvalue weighted by atomic mass is 16.1. The molecule has 1 aliphatic rings. The van der Waals surface area contributed by atoms with Crippen molar-refractivity contribution in [2.24, 2.45) is 0 Å². The van der Waals surface area contributed by atoms with Crippen LogP contribution in [0, 0.1) is 6.92 Å². The van der Waals surface area contributed by atoms with Gasteiger partial charge in [-0.2, -0.15) is 0 Å². The summed E-state index contributed by atoms with van der Waals surface area (Å²) in [6.07, 6.45) is 0.504. The molecule has 1 amide bonds. The highest BCUT2D eigenvalue weighted by Gasteiger charge is 2.20. The molecule has 0 radical (unpaired) electrons. The Kier molecular flexibility index (Phi) is 4.71. The molecule has 6 heteroatoms.